The van der Waals surface area contributed by atoms with Crippen molar-refractivity contribution in [3.63, 3.8) is 0 Å². The quantitative estimate of drug-likeness (QED) is 0.127. The van der Waals surface area contributed by atoms with E-state index in [-0.39, 0.29) is 39.9 Å². The summed E-state index contributed by atoms with van der Waals surface area (Å²) in [7, 11) is -2.73. The largest absolute Gasteiger partial charge is 0.573 e. The van der Waals surface area contributed by atoms with Gasteiger partial charge in [0.25, 0.3) is 15.9 Å². The molecule has 1 aliphatic rings. The number of benzene rings is 3. The number of halogens is 4. The summed E-state index contributed by atoms with van der Waals surface area (Å²) in [6.45, 7) is 0.621. The Bertz CT molecular complexity index is 1970. The minimum atomic E-state index is -5.31. The van der Waals surface area contributed by atoms with Crippen LogP contribution in [-0.4, -0.2) is 71.9 Å². The van der Waals surface area contributed by atoms with Crippen LogP contribution in [-0.2, 0) is 30.0 Å². The molecule has 264 valence electrons. The average molecular weight is 735 g/mol. The first kappa shape index (κ1) is 36.4. The molecular weight excluding hydrogens is 705 g/mol. The van der Waals surface area contributed by atoms with Crippen molar-refractivity contribution in [3.8, 4) is 17.2 Å². The van der Waals surface area contributed by atoms with E-state index < -0.39 is 44.6 Å². The predicted molar refractivity (Wildman–Crippen MR) is 176 cm³/mol. The highest BCUT2D eigenvalue weighted by molar-refractivity contribution is 7.93. The van der Waals surface area contributed by atoms with Crippen molar-refractivity contribution in [2.75, 3.05) is 43.5 Å². The van der Waals surface area contributed by atoms with E-state index in [0.29, 0.717) is 23.7 Å². The number of nitrogens with zero attached hydrogens (tertiary/aromatic N) is 2. The molecular formula is C33H30ClF3N4O8S. The molecule has 2 heterocycles. The minimum absolute atomic E-state index is 0.000284. The molecule has 0 spiro atoms. The molecule has 4 aromatic rings. The lowest BCUT2D eigenvalue weighted by Gasteiger charge is -2.33. The van der Waals surface area contributed by atoms with Crippen LogP contribution in [0, 0.1) is 0 Å². The minimum Gasteiger partial charge on any atom is -0.497 e. The Labute approximate surface area is 290 Å². The third-order valence-corrected chi connectivity index (χ3v) is 9.51. The molecule has 2 unspecified atom stereocenters. The summed E-state index contributed by atoms with van der Waals surface area (Å²) in [4.78, 5) is 30.4. The van der Waals surface area contributed by atoms with E-state index in [1.54, 1.807) is 24.5 Å². The first-order valence-corrected chi connectivity index (χ1v) is 16.6. The highest BCUT2D eigenvalue weighted by atomic mass is 35.5. The van der Waals surface area contributed by atoms with Crippen molar-refractivity contribution in [1.29, 1.82) is 0 Å². The molecule has 1 aromatic heterocycles. The fraction of sp³-hybridized carbons (Fsp3) is 0.242. The zero-order valence-electron chi connectivity index (χ0n) is 26.4. The number of carbonyl (C=O) groups is 2. The van der Waals surface area contributed by atoms with Crippen molar-refractivity contribution in [3.05, 3.63) is 101 Å². The number of aldehydes is 1. The van der Waals surface area contributed by atoms with E-state index in [2.05, 4.69) is 20.4 Å². The summed E-state index contributed by atoms with van der Waals surface area (Å²) in [6.07, 6.45) is -2.99. The van der Waals surface area contributed by atoms with Gasteiger partial charge in [0.2, 0.25) is 5.60 Å². The van der Waals surface area contributed by atoms with E-state index in [0.717, 1.165) is 23.9 Å². The highest BCUT2D eigenvalue weighted by Crippen LogP contribution is 2.53. The molecule has 0 aliphatic carbocycles. The first-order valence-electron chi connectivity index (χ1n) is 14.8. The molecule has 1 aliphatic heterocycles. The molecule has 12 nitrogen and oxygen atoms in total. The molecule has 1 amide bonds. The number of methoxy groups -OCH3 is 2. The van der Waals surface area contributed by atoms with Gasteiger partial charge in [-0.2, -0.15) is 4.31 Å². The van der Waals surface area contributed by atoms with Gasteiger partial charge in [-0.25, -0.2) is 8.42 Å². The Hall–Kier alpha value is -4.90. The summed E-state index contributed by atoms with van der Waals surface area (Å²) in [5.41, 5.74) is -2.05. The number of nitrogens with one attached hydrogen (secondary N) is 2. The van der Waals surface area contributed by atoms with Crippen LogP contribution in [0.5, 0.6) is 17.2 Å². The highest BCUT2D eigenvalue weighted by Gasteiger charge is 2.60. The molecule has 0 saturated carbocycles. The summed E-state index contributed by atoms with van der Waals surface area (Å²) in [6, 6.07) is 16.1. The van der Waals surface area contributed by atoms with Crippen LogP contribution in [0.3, 0.4) is 0 Å². The Morgan fingerprint density at radius 3 is 2.44 bits per heavy atom. The van der Waals surface area contributed by atoms with E-state index >= 15 is 0 Å². The molecule has 2 atom stereocenters. The number of hydrogen-bond donors (Lipinski definition) is 2. The fourth-order valence-electron chi connectivity index (χ4n) is 5.43. The zero-order chi connectivity index (χ0) is 36.1. The summed E-state index contributed by atoms with van der Waals surface area (Å²) in [5, 5.41) is 6.27. The van der Waals surface area contributed by atoms with Gasteiger partial charge >= 0.3 is 6.36 Å². The van der Waals surface area contributed by atoms with E-state index in [1.807, 2.05) is 6.07 Å². The number of fused-ring (bicyclic) bond motifs is 1. The monoisotopic (exact) mass is 734 g/mol. The third kappa shape index (κ3) is 7.33. The molecule has 5 rings (SSSR count). The van der Waals surface area contributed by atoms with Gasteiger partial charge in [-0.05, 0) is 48.5 Å². The number of ether oxygens (including phenoxy) is 4. The molecule has 2 N–H and O–H groups in total. The molecule has 0 fully saturated rings. The maximum Gasteiger partial charge on any atom is 0.573 e. The maximum absolute atomic E-state index is 14.9. The number of rotatable bonds is 15. The Morgan fingerprint density at radius 2 is 1.76 bits per heavy atom. The second-order valence-electron chi connectivity index (χ2n) is 10.6. The average Bonchev–Trinajstić information content (AvgIpc) is 3.34. The zero-order valence-corrected chi connectivity index (χ0v) is 28.0. The van der Waals surface area contributed by atoms with Gasteiger partial charge in [0.1, 0.15) is 28.8 Å². The Morgan fingerprint density at radius 1 is 0.980 bits per heavy atom. The standard InChI is InChI=1S/C33H30ClF3N4O8S/c1-46-23-10-12-30(29(17-23)49-33(35,36)37)50(44,45)41-27-11-9-21(34)16-26(27)32(31(41)43,25-7-3-4-8-28(25)47-2)48-24(20-42)19-39-14-15-40-22-6-5-13-38-18-22/h3-13,16-18,20,24,39-40H,14-15,19H2,1-2H3. The molecule has 0 bridgehead atoms. The van der Waals surface area contributed by atoms with Gasteiger partial charge in [-0.1, -0.05) is 29.8 Å². The van der Waals surface area contributed by atoms with Crippen molar-refractivity contribution < 1.29 is 50.1 Å². The molecule has 50 heavy (non-hydrogen) atoms. The summed E-state index contributed by atoms with van der Waals surface area (Å²) < 4.78 is 90.5. The summed E-state index contributed by atoms with van der Waals surface area (Å²) in [5.74, 6) is -2.49. The van der Waals surface area contributed by atoms with Crippen molar-refractivity contribution in [2.24, 2.45) is 0 Å². The van der Waals surface area contributed by atoms with E-state index in [1.165, 1.54) is 50.6 Å². The third-order valence-electron chi connectivity index (χ3n) is 7.54. The summed E-state index contributed by atoms with van der Waals surface area (Å²) >= 11 is 6.39. The lowest BCUT2D eigenvalue weighted by molar-refractivity contribution is -0.275. The first-order chi connectivity index (χ1) is 23.8. The van der Waals surface area contributed by atoms with Crippen molar-refractivity contribution >= 4 is 45.2 Å². The van der Waals surface area contributed by atoms with Crippen LogP contribution in [0.1, 0.15) is 11.1 Å². The van der Waals surface area contributed by atoms with Gasteiger partial charge in [0, 0.05) is 54.2 Å². The lowest BCUT2D eigenvalue weighted by Crippen LogP contribution is -2.49. The number of alkyl halides is 3. The topological polar surface area (TPSA) is 145 Å². The van der Waals surface area contributed by atoms with Crippen LogP contribution in [0.2, 0.25) is 5.02 Å². The van der Waals surface area contributed by atoms with Gasteiger partial charge in [0.05, 0.1) is 25.6 Å². The van der Waals surface area contributed by atoms with Crippen LogP contribution in [0.15, 0.2) is 90.1 Å². The number of sulfonamides is 1. The molecule has 17 heteroatoms. The number of aromatic nitrogens is 1. The lowest BCUT2D eigenvalue weighted by atomic mass is 9.86. The number of pyridine rings is 1. The van der Waals surface area contributed by atoms with Gasteiger partial charge in [-0.3, -0.25) is 9.78 Å². The van der Waals surface area contributed by atoms with Crippen LogP contribution < -0.4 is 29.1 Å². The molecule has 0 saturated heterocycles. The predicted octanol–water partition coefficient (Wildman–Crippen LogP) is 4.92. The normalized spacial score (nSPS) is 16.4. The SMILES string of the molecule is COc1ccc(S(=O)(=O)N2C(=O)C(OC(C=O)CNCCNc3cccnc3)(c3ccccc3OC)c3cc(Cl)ccc32)c(OC(F)(F)F)c1. The van der Waals surface area contributed by atoms with Crippen molar-refractivity contribution in [1.82, 2.24) is 10.3 Å². The van der Waals surface area contributed by atoms with Gasteiger partial charge in [-0.15, -0.1) is 13.2 Å². The smallest absolute Gasteiger partial charge is 0.497 e. The number of hydrogen-bond acceptors (Lipinski definition) is 11. The van der Waals surface area contributed by atoms with Crippen LogP contribution in [0.25, 0.3) is 0 Å². The van der Waals surface area contributed by atoms with Crippen molar-refractivity contribution in [2.45, 2.75) is 23.0 Å². The second-order valence-corrected chi connectivity index (χ2v) is 12.8. The van der Waals surface area contributed by atoms with Crippen LogP contribution in [0.4, 0.5) is 24.5 Å². The second kappa shape index (κ2) is 14.9. The van der Waals surface area contributed by atoms with Crippen LogP contribution >= 0.6 is 11.6 Å². The van der Waals surface area contributed by atoms with E-state index in [9.17, 15) is 31.2 Å². The molecule has 3 aromatic carbocycles. The van der Waals surface area contributed by atoms with Gasteiger partial charge in [0.15, 0.2) is 5.75 Å². The number of para-hydroxylation sites is 1. The number of amides is 1. The maximum atomic E-state index is 14.9. The fourth-order valence-corrected chi connectivity index (χ4v) is 7.16. The Balaban J connectivity index is 1.60. The van der Waals surface area contributed by atoms with E-state index in [4.69, 9.17) is 25.8 Å². The number of carbonyl (C=O) groups excluding carboxylic acids is 2. The van der Waals surface area contributed by atoms with Gasteiger partial charge < -0.3 is 34.4 Å². The Kier molecular flexibility index (Phi) is 10.9. The molecule has 0 radical (unpaired) electrons. The number of anilines is 2.